The summed E-state index contributed by atoms with van der Waals surface area (Å²) in [6.45, 7) is 7.02. The summed E-state index contributed by atoms with van der Waals surface area (Å²) in [5.41, 5.74) is 2.47. The van der Waals surface area contributed by atoms with Crippen LogP contribution in [0.15, 0.2) is 42.5 Å². The summed E-state index contributed by atoms with van der Waals surface area (Å²) in [6, 6.07) is 12.6. The molecule has 3 rings (SSSR count). The van der Waals surface area contributed by atoms with E-state index in [1.807, 2.05) is 24.3 Å². The van der Waals surface area contributed by atoms with Gasteiger partial charge in [-0.05, 0) is 48.5 Å². The number of rotatable bonds is 7. The van der Waals surface area contributed by atoms with Gasteiger partial charge < -0.3 is 19.9 Å². The van der Waals surface area contributed by atoms with Crippen molar-refractivity contribution in [2.75, 3.05) is 49.5 Å². The van der Waals surface area contributed by atoms with Crippen molar-refractivity contribution in [2.45, 2.75) is 13.3 Å². The zero-order valence-corrected chi connectivity index (χ0v) is 18.4. The van der Waals surface area contributed by atoms with Gasteiger partial charge in [0.1, 0.15) is 0 Å². The van der Waals surface area contributed by atoms with Crippen LogP contribution >= 0.6 is 23.2 Å². The third-order valence-electron chi connectivity index (χ3n) is 5.03. The summed E-state index contributed by atoms with van der Waals surface area (Å²) >= 11 is 11.8. The summed E-state index contributed by atoms with van der Waals surface area (Å²) < 4.78 is 5.05. The molecule has 0 atom stereocenters. The van der Waals surface area contributed by atoms with Gasteiger partial charge in [0.2, 0.25) is 0 Å². The van der Waals surface area contributed by atoms with Crippen molar-refractivity contribution in [1.29, 1.82) is 0 Å². The Labute approximate surface area is 186 Å². The highest BCUT2D eigenvalue weighted by atomic mass is 35.5. The normalized spacial score (nSPS) is 14.4. The Kier molecular flexibility index (Phi) is 7.96. The van der Waals surface area contributed by atoms with Crippen molar-refractivity contribution in [3.8, 4) is 0 Å². The fourth-order valence-electron chi connectivity index (χ4n) is 3.29. The van der Waals surface area contributed by atoms with Crippen LogP contribution in [-0.4, -0.2) is 56.1 Å². The second-order valence-electron chi connectivity index (χ2n) is 7.10. The van der Waals surface area contributed by atoms with Crippen LogP contribution in [0.25, 0.3) is 0 Å². The summed E-state index contributed by atoms with van der Waals surface area (Å²) in [7, 11) is 0. The Morgan fingerprint density at radius 2 is 1.70 bits per heavy atom. The number of benzene rings is 2. The summed E-state index contributed by atoms with van der Waals surface area (Å²) in [4.78, 5) is 28.8. The topological polar surface area (TPSA) is 61.9 Å². The Balaban J connectivity index is 1.43. The molecule has 160 valence electrons. The molecule has 1 aliphatic rings. The molecular formula is C22H25Cl2N3O3. The second-order valence-corrected chi connectivity index (χ2v) is 7.92. The van der Waals surface area contributed by atoms with Gasteiger partial charge in [-0.15, -0.1) is 0 Å². The molecule has 0 aromatic heterocycles. The van der Waals surface area contributed by atoms with Crippen LogP contribution in [0.1, 0.15) is 12.5 Å². The summed E-state index contributed by atoms with van der Waals surface area (Å²) in [5.74, 6) is -0.896. The fraction of sp³-hybridized carbons (Fsp3) is 0.364. The van der Waals surface area contributed by atoms with Crippen LogP contribution in [-0.2, 0) is 20.7 Å². The molecule has 0 bridgehead atoms. The molecule has 0 saturated carbocycles. The molecule has 0 spiro atoms. The minimum Gasteiger partial charge on any atom is -0.455 e. The number of halogens is 2. The van der Waals surface area contributed by atoms with Crippen LogP contribution in [0.4, 0.5) is 11.4 Å². The molecule has 6 nitrogen and oxygen atoms in total. The standard InChI is InChI=1S/C22H25Cl2N3O3/c1-2-26-9-11-27(12-10-26)18-6-4-17(5-7-18)25-21(28)15-30-22(29)14-16-3-8-19(23)20(24)13-16/h3-8,13H,2,9-12,14-15H2,1H3,(H,25,28). The highest BCUT2D eigenvalue weighted by molar-refractivity contribution is 6.42. The molecule has 0 aliphatic carbocycles. The molecule has 0 unspecified atom stereocenters. The first kappa shape index (κ1) is 22.4. The summed E-state index contributed by atoms with van der Waals surface area (Å²) in [6.07, 6.45) is 0.0180. The van der Waals surface area contributed by atoms with Crippen LogP contribution < -0.4 is 10.2 Å². The van der Waals surface area contributed by atoms with Gasteiger partial charge in [0.25, 0.3) is 5.91 Å². The van der Waals surface area contributed by atoms with Crippen molar-refractivity contribution >= 4 is 46.5 Å². The number of amides is 1. The monoisotopic (exact) mass is 449 g/mol. The fourth-order valence-corrected chi connectivity index (χ4v) is 3.61. The van der Waals surface area contributed by atoms with Crippen molar-refractivity contribution in [2.24, 2.45) is 0 Å². The molecule has 1 heterocycles. The molecule has 1 N–H and O–H groups in total. The third kappa shape index (κ3) is 6.36. The first-order valence-corrected chi connectivity index (χ1v) is 10.7. The number of nitrogens with zero attached hydrogens (tertiary/aromatic N) is 2. The molecule has 2 aromatic carbocycles. The number of piperazine rings is 1. The van der Waals surface area contributed by atoms with E-state index in [4.69, 9.17) is 27.9 Å². The molecular weight excluding hydrogens is 425 g/mol. The number of likely N-dealkylation sites (N-methyl/N-ethyl adjacent to an activating group) is 1. The van der Waals surface area contributed by atoms with Crippen molar-refractivity contribution in [1.82, 2.24) is 4.90 Å². The Morgan fingerprint density at radius 1 is 1.00 bits per heavy atom. The first-order chi connectivity index (χ1) is 14.4. The lowest BCUT2D eigenvalue weighted by molar-refractivity contribution is -0.146. The number of ether oxygens (including phenoxy) is 1. The van der Waals surface area contributed by atoms with E-state index >= 15 is 0 Å². The van der Waals surface area contributed by atoms with Gasteiger partial charge in [0, 0.05) is 37.6 Å². The average molecular weight is 450 g/mol. The van der Waals surface area contributed by atoms with Gasteiger partial charge in [0.05, 0.1) is 16.5 Å². The van der Waals surface area contributed by atoms with E-state index in [1.54, 1.807) is 18.2 Å². The number of nitrogens with one attached hydrogen (secondary N) is 1. The number of hydrogen-bond donors (Lipinski definition) is 1. The SMILES string of the molecule is CCN1CCN(c2ccc(NC(=O)COC(=O)Cc3ccc(Cl)c(Cl)c3)cc2)CC1. The van der Waals surface area contributed by atoms with Gasteiger partial charge in [-0.25, -0.2) is 0 Å². The molecule has 0 radical (unpaired) electrons. The zero-order valence-electron chi connectivity index (χ0n) is 16.9. The minimum atomic E-state index is -0.509. The van der Waals surface area contributed by atoms with Crippen LogP contribution in [0.2, 0.25) is 10.0 Å². The molecule has 30 heavy (non-hydrogen) atoms. The third-order valence-corrected chi connectivity index (χ3v) is 5.77. The number of hydrogen-bond acceptors (Lipinski definition) is 5. The Morgan fingerprint density at radius 3 is 2.33 bits per heavy atom. The molecule has 1 saturated heterocycles. The van der Waals surface area contributed by atoms with E-state index in [0.29, 0.717) is 21.3 Å². The highest BCUT2D eigenvalue weighted by Gasteiger charge is 2.16. The quantitative estimate of drug-likeness (QED) is 0.650. The Hall–Kier alpha value is -2.28. The minimum absolute atomic E-state index is 0.0180. The van der Waals surface area contributed by atoms with Gasteiger partial charge in [-0.1, -0.05) is 36.2 Å². The number of anilines is 2. The molecule has 2 aromatic rings. The number of carbonyl (C=O) groups excluding carboxylic acids is 2. The van der Waals surface area contributed by atoms with E-state index in [9.17, 15) is 9.59 Å². The van der Waals surface area contributed by atoms with Crippen LogP contribution in [0, 0.1) is 0 Å². The number of carbonyl (C=O) groups is 2. The van der Waals surface area contributed by atoms with Crippen molar-refractivity contribution in [3.05, 3.63) is 58.1 Å². The molecule has 8 heteroatoms. The lowest BCUT2D eigenvalue weighted by Gasteiger charge is -2.35. The molecule has 1 aliphatic heterocycles. The second kappa shape index (κ2) is 10.7. The highest BCUT2D eigenvalue weighted by Crippen LogP contribution is 2.23. The Bertz CT molecular complexity index is 882. The van der Waals surface area contributed by atoms with Crippen LogP contribution in [0.3, 0.4) is 0 Å². The first-order valence-electron chi connectivity index (χ1n) is 9.91. The predicted octanol–water partition coefficient (Wildman–Crippen LogP) is 3.86. The maximum absolute atomic E-state index is 12.1. The van der Waals surface area contributed by atoms with E-state index < -0.39 is 5.97 Å². The zero-order chi connectivity index (χ0) is 21.5. The van der Waals surface area contributed by atoms with Crippen molar-refractivity contribution < 1.29 is 14.3 Å². The number of esters is 1. The predicted molar refractivity (Wildman–Crippen MR) is 121 cm³/mol. The largest absolute Gasteiger partial charge is 0.455 e. The van der Waals surface area contributed by atoms with E-state index in [1.165, 1.54) is 0 Å². The smallest absolute Gasteiger partial charge is 0.310 e. The van der Waals surface area contributed by atoms with E-state index in [0.717, 1.165) is 38.4 Å². The maximum atomic E-state index is 12.1. The van der Waals surface area contributed by atoms with Gasteiger partial charge in [-0.2, -0.15) is 0 Å². The summed E-state index contributed by atoms with van der Waals surface area (Å²) in [5, 5.41) is 3.53. The maximum Gasteiger partial charge on any atom is 0.310 e. The lowest BCUT2D eigenvalue weighted by atomic mass is 10.1. The van der Waals surface area contributed by atoms with Crippen LogP contribution in [0.5, 0.6) is 0 Å². The van der Waals surface area contributed by atoms with E-state index in [-0.39, 0.29) is 18.9 Å². The molecule has 1 fully saturated rings. The van der Waals surface area contributed by atoms with Crippen molar-refractivity contribution in [3.63, 3.8) is 0 Å². The average Bonchev–Trinajstić information content (AvgIpc) is 2.75. The van der Waals surface area contributed by atoms with Gasteiger partial charge >= 0.3 is 5.97 Å². The lowest BCUT2D eigenvalue weighted by Crippen LogP contribution is -2.46. The van der Waals surface area contributed by atoms with Gasteiger partial charge in [0.15, 0.2) is 6.61 Å². The van der Waals surface area contributed by atoms with E-state index in [2.05, 4.69) is 22.0 Å². The van der Waals surface area contributed by atoms with Gasteiger partial charge in [-0.3, -0.25) is 9.59 Å². The molecule has 1 amide bonds.